The Morgan fingerprint density at radius 1 is 1.21 bits per heavy atom. The molecule has 7 heteroatoms. The quantitative estimate of drug-likeness (QED) is 0.330. The van der Waals surface area contributed by atoms with Gasteiger partial charge in [-0.25, -0.2) is 0 Å². The summed E-state index contributed by atoms with van der Waals surface area (Å²) in [5.74, 6) is 1.73. The largest absolute Gasteiger partial charge is 0.378 e. The maximum atomic E-state index is 11.6. The number of likely N-dealkylation sites (tertiary alicyclic amines) is 1. The molecule has 2 unspecified atom stereocenters. The molecule has 0 radical (unpaired) electrons. The summed E-state index contributed by atoms with van der Waals surface area (Å²) in [7, 11) is 1.72. The molecule has 0 aromatic rings. The Bertz CT molecular complexity index is 528. The van der Waals surface area contributed by atoms with Gasteiger partial charge in [0.05, 0.1) is 6.10 Å². The molecule has 1 spiro atoms. The second-order valence-electron chi connectivity index (χ2n) is 8.42. The molecule has 3 aliphatic rings. The van der Waals surface area contributed by atoms with E-state index in [0.29, 0.717) is 29.9 Å². The fourth-order valence-corrected chi connectivity index (χ4v) is 5.34. The third-order valence-electron chi connectivity index (χ3n) is 6.97. The van der Waals surface area contributed by atoms with Crippen molar-refractivity contribution in [3.63, 3.8) is 0 Å². The Balaban J connectivity index is 0.00000280. The Hall–Kier alpha value is -0.570. The van der Waals surface area contributed by atoms with Crippen molar-refractivity contribution in [1.82, 2.24) is 15.5 Å². The number of ether oxygens (including phenoxy) is 1. The molecule has 2 atom stereocenters. The van der Waals surface area contributed by atoms with Crippen LogP contribution < -0.4 is 10.6 Å². The highest BCUT2D eigenvalue weighted by atomic mass is 127. The van der Waals surface area contributed by atoms with Gasteiger partial charge in [-0.15, -0.1) is 24.0 Å². The summed E-state index contributed by atoms with van der Waals surface area (Å²) in [5, 5.41) is 6.58. The van der Waals surface area contributed by atoms with Crippen molar-refractivity contribution >= 4 is 35.8 Å². The molecule has 1 heterocycles. The first-order chi connectivity index (χ1) is 13.1. The van der Waals surface area contributed by atoms with Gasteiger partial charge in [-0.1, -0.05) is 12.8 Å². The van der Waals surface area contributed by atoms with E-state index in [-0.39, 0.29) is 29.9 Å². The lowest BCUT2D eigenvalue weighted by molar-refractivity contribution is -0.126. The summed E-state index contributed by atoms with van der Waals surface area (Å²) in [6, 6.07) is 0.491. The molecule has 2 N–H and O–H groups in total. The molecule has 0 bridgehead atoms. The van der Waals surface area contributed by atoms with Gasteiger partial charge in [0.2, 0.25) is 5.91 Å². The third kappa shape index (κ3) is 5.12. The van der Waals surface area contributed by atoms with Gasteiger partial charge in [0.15, 0.2) is 5.96 Å². The first-order valence-electron chi connectivity index (χ1n) is 11.0. The lowest BCUT2D eigenvalue weighted by Crippen LogP contribution is -2.65. The lowest BCUT2D eigenvalue weighted by atomic mass is 9.60. The highest BCUT2D eigenvalue weighted by Crippen LogP contribution is 2.54. The molecule has 1 saturated heterocycles. The number of piperidine rings is 1. The van der Waals surface area contributed by atoms with Crippen LogP contribution in [-0.4, -0.2) is 62.2 Å². The van der Waals surface area contributed by atoms with Crippen molar-refractivity contribution in [3.05, 3.63) is 0 Å². The molecule has 0 aromatic heterocycles. The number of carbonyl (C=O) groups is 1. The lowest BCUT2D eigenvalue weighted by Gasteiger charge is -2.55. The average Bonchev–Trinajstić information content (AvgIpc) is 3.20. The number of guanidine groups is 1. The maximum absolute atomic E-state index is 11.6. The average molecular weight is 506 g/mol. The molecule has 1 amide bonds. The van der Waals surface area contributed by atoms with E-state index in [1.165, 1.54) is 25.7 Å². The van der Waals surface area contributed by atoms with E-state index in [0.717, 1.165) is 51.5 Å². The standard InChI is InChI=1S/C21H38N4O2.HI/c1-4-23-20(25-12-8-16(9-13-25)14-19(26)22-3)24-17-15-18(27-5-2)21(17)10-6-7-11-21;/h16-18H,4-15H2,1-3H3,(H,22,26)(H,23,24);1H. The van der Waals surface area contributed by atoms with Crippen molar-refractivity contribution in [2.45, 2.75) is 77.4 Å². The number of hydrogen-bond acceptors (Lipinski definition) is 3. The van der Waals surface area contributed by atoms with E-state index in [1.807, 2.05) is 0 Å². The molecule has 0 aromatic carbocycles. The van der Waals surface area contributed by atoms with Gasteiger partial charge in [0, 0.05) is 51.2 Å². The van der Waals surface area contributed by atoms with E-state index in [9.17, 15) is 4.79 Å². The van der Waals surface area contributed by atoms with Crippen LogP contribution in [0.2, 0.25) is 0 Å². The van der Waals surface area contributed by atoms with Crippen LogP contribution in [0, 0.1) is 11.3 Å². The van der Waals surface area contributed by atoms with Crippen LogP contribution in [0.4, 0.5) is 0 Å². The molecular formula is C21H39IN4O2. The second kappa shape index (κ2) is 11.0. The van der Waals surface area contributed by atoms with Crippen LogP contribution in [0.1, 0.15) is 65.2 Å². The highest BCUT2D eigenvalue weighted by Gasteiger charge is 2.57. The minimum absolute atomic E-state index is 0. The van der Waals surface area contributed by atoms with Crippen LogP contribution in [0.3, 0.4) is 0 Å². The monoisotopic (exact) mass is 506 g/mol. The summed E-state index contributed by atoms with van der Waals surface area (Å²) in [5.41, 5.74) is 0.321. The summed E-state index contributed by atoms with van der Waals surface area (Å²) in [4.78, 5) is 18.9. The van der Waals surface area contributed by atoms with Crippen LogP contribution in [0.15, 0.2) is 4.99 Å². The summed E-state index contributed by atoms with van der Waals surface area (Å²) in [6.07, 6.45) is 9.52. The fraction of sp³-hybridized carbons (Fsp3) is 0.905. The number of nitrogens with zero attached hydrogens (tertiary/aromatic N) is 2. The number of carbonyl (C=O) groups excluding carboxylic acids is 1. The van der Waals surface area contributed by atoms with Crippen LogP contribution >= 0.6 is 24.0 Å². The normalized spacial score (nSPS) is 27.2. The zero-order valence-electron chi connectivity index (χ0n) is 17.8. The van der Waals surface area contributed by atoms with E-state index < -0.39 is 0 Å². The van der Waals surface area contributed by atoms with Gasteiger partial charge < -0.3 is 20.3 Å². The topological polar surface area (TPSA) is 66.0 Å². The van der Waals surface area contributed by atoms with Crippen LogP contribution in [0.5, 0.6) is 0 Å². The van der Waals surface area contributed by atoms with E-state index in [1.54, 1.807) is 7.05 Å². The van der Waals surface area contributed by atoms with E-state index in [2.05, 4.69) is 29.4 Å². The van der Waals surface area contributed by atoms with Crippen LogP contribution in [0.25, 0.3) is 0 Å². The van der Waals surface area contributed by atoms with Crippen molar-refractivity contribution in [1.29, 1.82) is 0 Å². The minimum Gasteiger partial charge on any atom is -0.378 e. The molecule has 1 aliphatic heterocycles. The molecule has 3 fully saturated rings. The first kappa shape index (κ1) is 23.7. The van der Waals surface area contributed by atoms with Crippen molar-refractivity contribution in [3.8, 4) is 0 Å². The smallest absolute Gasteiger partial charge is 0.220 e. The Morgan fingerprint density at radius 3 is 2.46 bits per heavy atom. The molecule has 3 rings (SSSR count). The fourth-order valence-electron chi connectivity index (χ4n) is 5.34. The molecule has 2 saturated carbocycles. The maximum Gasteiger partial charge on any atom is 0.220 e. The molecule has 6 nitrogen and oxygen atoms in total. The number of aliphatic imine (C=N–C) groups is 1. The zero-order valence-corrected chi connectivity index (χ0v) is 20.2. The Labute approximate surface area is 187 Å². The van der Waals surface area contributed by atoms with Gasteiger partial charge in [0.1, 0.15) is 0 Å². The molecule has 162 valence electrons. The first-order valence-corrected chi connectivity index (χ1v) is 11.0. The summed E-state index contributed by atoms with van der Waals surface area (Å²) in [6.45, 7) is 7.80. The molecule has 28 heavy (non-hydrogen) atoms. The van der Waals surface area contributed by atoms with E-state index in [4.69, 9.17) is 9.73 Å². The Kier molecular flexibility index (Phi) is 9.31. The predicted octanol–water partition coefficient (Wildman–Crippen LogP) is 3.16. The summed E-state index contributed by atoms with van der Waals surface area (Å²) < 4.78 is 6.06. The van der Waals surface area contributed by atoms with Gasteiger partial charge in [-0.05, 0) is 51.9 Å². The van der Waals surface area contributed by atoms with Crippen molar-refractivity contribution < 1.29 is 9.53 Å². The van der Waals surface area contributed by atoms with E-state index >= 15 is 0 Å². The van der Waals surface area contributed by atoms with Gasteiger partial charge in [-0.3, -0.25) is 9.79 Å². The zero-order chi connectivity index (χ0) is 19.3. The minimum atomic E-state index is 0. The van der Waals surface area contributed by atoms with Crippen LogP contribution in [-0.2, 0) is 9.53 Å². The van der Waals surface area contributed by atoms with Crippen molar-refractivity contribution in [2.75, 3.05) is 33.3 Å². The second-order valence-corrected chi connectivity index (χ2v) is 8.42. The van der Waals surface area contributed by atoms with Gasteiger partial charge in [-0.2, -0.15) is 0 Å². The number of nitrogens with one attached hydrogen (secondary N) is 2. The highest BCUT2D eigenvalue weighted by molar-refractivity contribution is 14.0. The number of hydrogen-bond donors (Lipinski definition) is 2. The SMILES string of the molecule is CCN=C(NC1CC(OCC)C12CCCC2)N1CCC(CC(=O)NC)CC1.I. The third-order valence-corrected chi connectivity index (χ3v) is 6.97. The molecular weight excluding hydrogens is 467 g/mol. The van der Waals surface area contributed by atoms with Crippen molar-refractivity contribution in [2.24, 2.45) is 16.3 Å². The molecule has 2 aliphatic carbocycles. The Morgan fingerprint density at radius 2 is 1.89 bits per heavy atom. The number of rotatable bonds is 6. The van der Waals surface area contributed by atoms with Gasteiger partial charge >= 0.3 is 0 Å². The number of halogens is 1. The van der Waals surface area contributed by atoms with Gasteiger partial charge in [0.25, 0.3) is 0 Å². The predicted molar refractivity (Wildman–Crippen MR) is 124 cm³/mol. The summed E-state index contributed by atoms with van der Waals surface area (Å²) >= 11 is 0. The number of amides is 1.